The SMILES string of the molecule is Cc1ccc(C(C)(C)NC(=O)C(C)Cc2c(C)nn(C)c2C)cn1. The maximum Gasteiger partial charge on any atom is 0.223 e. The molecule has 2 rings (SSSR count). The first-order valence-electron chi connectivity index (χ1n) is 8.36. The molecule has 0 aliphatic carbocycles. The van der Waals surface area contributed by atoms with Crippen molar-refractivity contribution < 1.29 is 4.79 Å². The Kier molecular flexibility index (Phi) is 5.11. The lowest BCUT2D eigenvalue weighted by Gasteiger charge is -2.28. The molecule has 130 valence electrons. The van der Waals surface area contributed by atoms with Gasteiger partial charge in [0.15, 0.2) is 0 Å². The fourth-order valence-corrected chi connectivity index (χ4v) is 2.85. The molecule has 0 fully saturated rings. The Labute approximate surface area is 144 Å². The molecule has 1 N–H and O–H groups in total. The minimum atomic E-state index is -0.453. The van der Waals surface area contributed by atoms with Gasteiger partial charge in [-0.25, -0.2) is 0 Å². The molecule has 0 aromatic carbocycles. The molecule has 2 aromatic rings. The van der Waals surface area contributed by atoms with Gasteiger partial charge in [-0.1, -0.05) is 13.0 Å². The van der Waals surface area contributed by atoms with Crippen molar-refractivity contribution >= 4 is 5.91 Å². The van der Waals surface area contributed by atoms with Crippen molar-refractivity contribution in [1.82, 2.24) is 20.1 Å². The largest absolute Gasteiger partial charge is 0.347 e. The first-order valence-corrected chi connectivity index (χ1v) is 8.36. The number of aryl methyl sites for hydroxylation is 3. The predicted molar refractivity (Wildman–Crippen MR) is 95.7 cm³/mol. The summed E-state index contributed by atoms with van der Waals surface area (Å²) in [6, 6.07) is 3.98. The van der Waals surface area contributed by atoms with Crippen molar-refractivity contribution in [2.45, 2.75) is 53.5 Å². The average molecular weight is 328 g/mol. The number of amides is 1. The summed E-state index contributed by atoms with van der Waals surface area (Å²) in [6.45, 7) is 12.0. The lowest BCUT2D eigenvalue weighted by molar-refractivity contribution is -0.126. The van der Waals surface area contributed by atoms with Crippen LogP contribution in [0.5, 0.6) is 0 Å². The van der Waals surface area contributed by atoms with E-state index in [2.05, 4.69) is 15.4 Å². The Hall–Kier alpha value is -2.17. The average Bonchev–Trinajstić information content (AvgIpc) is 2.73. The van der Waals surface area contributed by atoms with E-state index < -0.39 is 5.54 Å². The maximum atomic E-state index is 12.7. The Morgan fingerprint density at radius 3 is 2.46 bits per heavy atom. The summed E-state index contributed by atoms with van der Waals surface area (Å²) < 4.78 is 1.87. The molecule has 0 spiro atoms. The first kappa shape index (κ1) is 18.2. The second kappa shape index (κ2) is 6.75. The number of carbonyl (C=O) groups is 1. The summed E-state index contributed by atoms with van der Waals surface area (Å²) in [4.78, 5) is 17.0. The van der Waals surface area contributed by atoms with E-state index >= 15 is 0 Å². The van der Waals surface area contributed by atoms with Gasteiger partial charge < -0.3 is 5.32 Å². The van der Waals surface area contributed by atoms with Crippen LogP contribution >= 0.6 is 0 Å². The molecule has 5 heteroatoms. The third-order valence-corrected chi connectivity index (χ3v) is 4.69. The summed E-state index contributed by atoms with van der Waals surface area (Å²) >= 11 is 0. The van der Waals surface area contributed by atoms with E-state index in [0.717, 1.165) is 28.2 Å². The van der Waals surface area contributed by atoms with E-state index in [-0.39, 0.29) is 11.8 Å². The number of pyridine rings is 1. The molecule has 2 aromatic heterocycles. The van der Waals surface area contributed by atoms with Gasteiger partial charge in [0.2, 0.25) is 5.91 Å². The first-order chi connectivity index (χ1) is 11.1. The van der Waals surface area contributed by atoms with Gasteiger partial charge >= 0.3 is 0 Å². The van der Waals surface area contributed by atoms with Crippen LogP contribution in [-0.4, -0.2) is 20.7 Å². The van der Waals surface area contributed by atoms with E-state index in [1.165, 1.54) is 0 Å². The standard InChI is InChI=1S/C19H28N4O/c1-12(10-17-14(3)22-23(7)15(17)4)18(24)21-19(5,6)16-9-8-13(2)20-11-16/h8-9,11-12H,10H2,1-7H3,(H,21,24). The third kappa shape index (κ3) is 3.83. The molecule has 24 heavy (non-hydrogen) atoms. The molecule has 1 unspecified atom stereocenters. The summed E-state index contributed by atoms with van der Waals surface area (Å²) in [7, 11) is 1.93. The van der Waals surface area contributed by atoms with Crippen LogP contribution in [0.1, 0.15) is 49.0 Å². The van der Waals surface area contributed by atoms with Gasteiger partial charge in [-0.3, -0.25) is 14.5 Å². The van der Waals surface area contributed by atoms with Gasteiger partial charge in [0, 0.05) is 30.6 Å². The normalized spacial score (nSPS) is 13.0. The highest BCUT2D eigenvalue weighted by Gasteiger charge is 2.26. The fourth-order valence-electron chi connectivity index (χ4n) is 2.85. The summed E-state index contributed by atoms with van der Waals surface area (Å²) in [6.07, 6.45) is 2.52. The van der Waals surface area contributed by atoms with Gasteiger partial charge in [-0.15, -0.1) is 0 Å². The minimum Gasteiger partial charge on any atom is -0.347 e. The Morgan fingerprint density at radius 2 is 1.96 bits per heavy atom. The number of hydrogen-bond acceptors (Lipinski definition) is 3. The number of nitrogens with one attached hydrogen (secondary N) is 1. The van der Waals surface area contributed by atoms with Gasteiger partial charge in [-0.05, 0) is 58.2 Å². The molecule has 0 aliphatic rings. The Balaban J connectivity index is 2.09. The highest BCUT2D eigenvalue weighted by atomic mass is 16.2. The summed E-state index contributed by atoms with van der Waals surface area (Å²) in [5.74, 6) is -0.0764. The van der Waals surface area contributed by atoms with Gasteiger partial charge in [0.1, 0.15) is 0 Å². The van der Waals surface area contributed by atoms with Crippen LogP contribution in [0, 0.1) is 26.7 Å². The molecule has 0 aliphatic heterocycles. The number of carbonyl (C=O) groups excluding carboxylic acids is 1. The van der Waals surface area contributed by atoms with Crippen molar-refractivity contribution in [1.29, 1.82) is 0 Å². The zero-order valence-corrected chi connectivity index (χ0v) is 15.8. The van der Waals surface area contributed by atoms with Crippen LogP contribution in [0.4, 0.5) is 0 Å². The van der Waals surface area contributed by atoms with Crippen molar-refractivity contribution in [2.24, 2.45) is 13.0 Å². The van der Waals surface area contributed by atoms with Crippen LogP contribution in [0.15, 0.2) is 18.3 Å². The number of nitrogens with zero attached hydrogens (tertiary/aromatic N) is 3. The molecule has 5 nitrogen and oxygen atoms in total. The quantitative estimate of drug-likeness (QED) is 0.918. The van der Waals surface area contributed by atoms with E-state index in [0.29, 0.717) is 6.42 Å². The Morgan fingerprint density at radius 1 is 1.29 bits per heavy atom. The number of hydrogen-bond donors (Lipinski definition) is 1. The zero-order valence-electron chi connectivity index (χ0n) is 15.8. The van der Waals surface area contributed by atoms with Crippen LogP contribution in [0.3, 0.4) is 0 Å². The second-order valence-electron chi connectivity index (χ2n) is 7.18. The summed E-state index contributed by atoms with van der Waals surface area (Å²) in [5, 5.41) is 7.58. The predicted octanol–water partition coefficient (Wildman–Crippen LogP) is 2.97. The van der Waals surface area contributed by atoms with Gasteiger partial charge in [-0.2, -0.15) is 5.10 Å². The second-order valence-corrected chi connectivity index (χ2v) is 7.18. The molecule has 0 bridgehead atoms. The highest BCUT2D eigenvalue weighted by Crippen LogP contribution is 2.22. The van der Waals surface area contributed by atoms with Crippen molar-refractivity contribution in [2.75, 3.05) is 0 Å². The molecule has 2 heterocycles. The van der Waals surface area contributed by atoms with Crippen molar-refractivity contribution in [3.63, 3.8) is 0 Å². The van der Waals surface area contributed by atoms with Gasteiger partial charge in [0.05, 0.1) is 11.2 Å². The molecule has 0 saturated carbocycles. The smallest absolute Gasteiger partial charge is 0.223 e. The molecule has 0 radical (unpaired) electrons. The maximum absolute atomic E-state index is 12.7. The molecule has 1 amide bonds. The highest BCUT2D eigenvalue weighted by molar-refractivity contribution is 5.79. The molecular weight excluding hydrogens is 300 g/mol. The topological polar surface area (TPSA) is 59.8 Å². The van der Waals surface area contributed by atoms with Crippen LogP contribution < -0.4 is 5.32 Å². The zero-order chi connectivity index (χ0) is 18.1. The number of rotatable bonds is 5. The van der Waals surface area contributed by atoms with Crippen LogP contribution in [-0.2, 0) is 23.8 Å². The van der Waals surface area contributed by atoms with Crippen LogP contribution in [0.2, 0.25) is 0 Å². The minimum absolute atomic E-state index is 0.0447. The third-order valence-electron chi connectivity index (χ3n) is 4.69. The van der Waals surface area contributed by atoms with Crippen molar-refractivity contribution in [3.05, 3.63) is 46.5 Å². The fraction of sp³-hybridized carbons (Fsp3) is 0.526. The molecule has 0 saturated heterocycles. The Bertz CT molecular complexity index is 729. The van der Waals surface area contributed by atoms with E-state index in [1.54, 1.807) is 0 Å². The number of aromatic nitrogens is 3. The summed E-state index contributed by atoms with van der Waals surface area (Å²) in [5.41, 5.74) is 4.80. The van der Waals surface area contributed by atoms with E-state index in [9.17, 15) is 4.79 Å². The van der Waals surface area contributed by atoms with Gasteiger partial charge in [0.25, 0.3) is 0 Å². The molecule has 1 atom stereocenters. The van der Waals surface area contributed by atoms with E-state index in [1.807, 2.05) is 71.6 Å². The van der Waals surface area contributed by atoms with Crippen LogP contribution in [0.25, 0.3) is 0 Å². The van der Waals surface area contributed by atoms with E-state index in [4.69, 9.17) is 0 Å². The lowest BCUT2D eigenvalue weighted by Crippen LogP contribution is -2.44. The molecular formula is C19H28N4O. The monoisotopic (exact) mass is 328 g/mol. The van der Waals surface area contributed by atoms with Crippen molar-refractivity contribution in [3.8, 4) is 0 Å². The lowest BCUT2D eigenvalue weighted by atomic mass is 9.93.